The zero-order valence-electron chi connectivity index (χ0n) is 11.0. The fourth-order valence-electron chi connectivity index (χ4n) is 2.13. The van der Waals surface area contributed by atoms with Crippen LogP contribution in [0.4, 0.5) is 0 Å². The van der Waals surface area contributed by atoms with Gasteiger partial charge in [-0.1, -0.05) is 23.7 Å². The molecule has 0 bridgehead atoms. The maximum Gasteiger partial charge on any atom is 0.222 e. The van der Waals surface area contributed by atoms with Crippen LogP contribution in [0.5, 0.6) is 0 Å². The van der Waals surface area contributed by atoms with Gasteiger partial charge >= 0.3 is 0 Å². The Labute approximate surface area is 123 Å². The molecule has 2 atom stereocenters. The number of hydrogen-bond donors (Lipinski definition) is 2. The van der Waals surface area contributed by atoms with Crippen LogP contribution in [0.15, 0.2) is 24.3 Å². The molecule has 1 amide bonds. The molecule has 104 valence electrons. The van der Waals surface area contributed by atoms with Gasteiger partial charge in [-0.2, -0.15) is 11.8 Å². The van der Waals surface area contributed by atoms with E-state index in [4.69, 9.17) is 11.6 Å². The molecular weight excluding hydrogens is 280 g/mol. The van der Waals surface area contributed by atoms with Crippen molar-refractivity contribution < 1.29 is 4.79 Å². The summed E-state index contributed by atoms with van der Waals surface area (Å²) in [6.07, 6.45) is 0.540. The fraction of sp³-hybridized carbons (Fsp3) is 0.500. The largest absolute Gasteiger partial charge is 0.350 e. The minimum absolute atomic E-state index is 0.0116. The summed E-state index contributed by atoms with van der Waals surface area (Å²) < 4.78 is 0. The molecule has 1 aromatic rings. The van der Waals surface area contributed by atoms with Gasteiger partial charge < -0.3 is 10.6 Å². The smallest absolute Gasteiger partial charge is 0.222 e. The summed E-state index contributed by atoms with van der Waals surface area (Å²) in [5.41, 5.74) is 1.03. The van der Waals surface area contributed by atoms with Crippen molar-refractivity contribution in [1.82, 2.24) is 10.6 Å². The average molecular weight is 299 g/mol. The van der Waals surface area contributed by atoms with Gasteiger partial charge in [0.15, 0.2) is 0 Å². The number of benzene rings is 1. The first-order valence-electron chi connectivity index (χ1n) is 6.51. The molecule has 19 heavy (non-hydrogen) atoms. The maximum atomic E-state index is 12.0. The lowest BCUT2D eigenvalue weighted by molar-refractivity contribution is -0.122. The molecule has 1 fully saturated rings. The number of rotatable bonds is 4. The van der Waals surface area contributed by atoms with E-state index in [1.807, 2.05) is 43.0 Å². The Morgan fingerprint density at radius 2 is 2.47 bits per heavy atom. The zero-order valence-corrected chi connectivity index (χ0v) is 12.6. The van der Waals surface area contributed by atoms with Gasteiger partial charge in [0.1, 0.15) is 0 Å². The fourth-order valence-corrected chi connectivity index (χ4v) is 3.28. The highest BCUT2D eigenvalue weighted by atomic mass is 35.5. The molecule has 1 unspecified atom stereocenters. The van der Waals surface area contributed by atoms with Crippen molar-refractivity contribution in [3.8, 4) is 0 Å². The topological polar surface area (TPSA) is 41.1 Å². The Balaban J connectivity index is 1.84. The number of halogens is 1. The molecule has 2 N–H and O–H groups in total. The van der Waals surface area contributed by atoms with E-state index in [2.05, 4.69) is 10.6 Å². The Bertz CT molecular complexity index is 435. The quantitative estimate of drug-likeness (QED) is 0.898. The lowest BCUT2D eigenvalue weighted by Crippen LogP contribution is -2.41. The van der Waals surface area contributed by atoms with Crippen molar-refractivity contribution in [2.75, 3.05) is 18.1 Å². The van der Waals surface area contributed by atoms with E-state index < -0.39 is 0 Å². The minimum Gasteiger partial charge on any atom is -0.350 e. The van der Waals surface area contributed by atoms with Crippen LogP contribution in [-0.2, 0) is 4.79 Å². The number of nitrogens with one attached hydrogen (secondary N) is 2. The molecule has 0 saturated carbocycles. The summed E-state index contributed by atoms with van der Waals surface area (Å²) in [6.45, 7) is 2.97. The molecule has 0 aliphatic carbocycles. The number of carbonyl (C=O) groups excluding carboxylic acids is 1. The SMILES string of the molecule is C[C@H](NC(=O)CC1CSCCN1)c1cccc(Cl)c1. The molecule has 0 radical (unpaired) electrons. The number of thioether (sulfide) groups is 1. The van der Waals surface area contributed by atoms with E-state index >= 15 is 0 Å². The maximum absolute atomic E-state index is 12.0. The monoisotopic (exact) mass is 298 g/mol. The van der Waals surface area contributed by atoms with E-state index in [9.17, 15) is 4.79 Å². The number of carbonyl (C=O) groups is 1. The van der Waals surface area contributed by atoms with Crippen molar-refractivity contribution in [2.45, 2.75) is 25.4 Å². The van der Waals surface area contributed by atoms with Gasteiger partial charge in [-0.3, -0.25) is 4.79 Å². The summed E-state index contributed by atoms with van der Waals surface area (Å²) >= 11 is 7.86. The Kier molecular flexibility index (Phi) is 5.55. The van der Waals surface area contributed by atoms with Crippen molar-refractivity contribution in [1.29, 1.82) is 0 Å². The highest BCUT2D eigenvalue weighted by molar-refractivity contribution is 7.99. The van der Waals surface area contributed by atoms with Gasteiger partial charge in [-0.15, -0.1) is 0 Å². The second kappa shape index (κ2) is 7.17. The summed E-state index contributed by atoms with van der Waals surface area (Å²) in [4.78, 5) is 12.0. The molecule has 1 heterocycles. The molecule has 5 heteroatoms. The van der Waals surface area contributed by atoms with Crippen LogP contribution in [0.25, 0.3) is 0 Å². The van der Waals surface area contributed by atoms with Crippen molar-refractivity contribution in [3.63, 3.8) is 0 Å². The van der Waals surface area contributed by atoms with Crippen LogP contribution < -0.4 is 10.6 Å². The predicted molar refractivity (Wildman–Crippen MR) is 81.7 cm³/mol. The van der Waals surface area contributed by atoms with E-state index in [1.165, 1.54) is 0 Å². The molecule has 0 aromatic heterocycles. The van der Waals surface area contributed by atoms with Crippen LogP contribution in [-0.4, -0.2) is 30.0 Å². The third kappa shape index (κ3) is 4.71. The Hall–Kier alpha value is -0.710. The molecule has 1 aliphatic rings. The molecule has 0 spiro atoms. The summed E-state index contributed by atoms with van der Waals surface area (Å²) in [7, 11) is 0. The molecular formula is C14H19ClN2OS. The van der Waals surface area contributed by atoms with E-state index in [0.29, 0.717) is 17.5 Å². The minimum atomic E-state index is -0.0116. The van der Waals surface area contributed by atoms with E-state index in [-0.39, 0.29) is 11.9 Å². The van der Waals surface area contributed by atoms with Crippen LogP contribution in [0, 0.1) is 0 Å². The first-order valence-corrected chi connectivity index (χ1v) is 8.04. The second-order valence-electron chi connectivity index (χ2n) is 4.77. The van der Waals surface area contributed by atoms with Gasteiger partial charge in [0, 0.05) is 35.5 Å². The number of amides is 1. The standard InChI is InChI=1S/C14H19ClN2OS/c1-10(11-3-2-4-12(15)7-11)17-14(18)8-13-9-19-6-5-16-13/h2-4,7,10,13,16H,5-6,8-9H2,1H3,(H,17,18)/t10-,13?/m0/s1. The lowest BCUT2D eigenvalue weighted by Gasteiger charge is -2.23. The van der Waals surface area contributed by atoms with Gasteiger partial charge in [-0.05, 0) is 24.6 Å². The zero-order chi connectivity index (χ0) is 13.7. The third-order valence-corrected chi connectivity index (χ3v) is 4.52. The van der Waals surface area contributed by atoms with Gasteiger partial charge in [0.25, 0.3) is 0 Å². The highest BCUT2D eigenvalue weighted by Gasteiger charge is 2.18. The van der Waals surface area contributed by atoms with Crippen LogP contribution in [0.2, 0.25) is 5.02 Å². The van der Waals surface area contributed by atoms with Crippen molar-refractivity contribution in [3.05, 3.63) is 34.9 Å². The highest BCUT2D eigenvalue weighted by Crippen LogP contribution is 2.18. The normalized spacial score (nSPS) is 20.8. The second-order valence-corrected chi connectivity index (χ2v) is 6.36. The van der Waals surface area contributed by atoms with Crippen molar-refractivity contribution in [2.24, 2.45) is 0 Å². The van der Waals surface area contributed by atoms with Gasteiger partial charge in [-0.25, -0.2) is 0 Å². The predicted octanol–water partition coefficient (Wildman–Crippen LogP) is 2.61. The lowest BCUT2D eigenvalue weighted by atomic mass is 10.1. The first-order chi connectivity index (χ1) is 9.15. The van der Waals surface area contributed by atoms with Gasteiger partial charge in [0.2, 0.25) is 5.91 Å². The first kappa shape index (κ1) is 14.7. The summed E-state index contributed by atoms with van der Waals surface area (Å²) in [5, 5.41) is 7.09. The van der Waals surface area contributed by atoms with Crippen molar-refractivity contribution >= 4 is 29.3 Å². The van der Waals surface area contributed by atoms with Gasteiger partial charge in [0.05, 0.1) is 6.04 Å². The number of hydrogen-bond acceptors (Lipinski definition) is 3. The van der Waals surface area contributed by atoms with Crippen LogP contribution >= 0.6 is 23.4 Å². The Morgan fingerprint density at radius 3 is 3.16 bits per heavy atom. The third-order valence-electron chi connectivity index (χ3n) is 3.16. The summed E-state index contributed by atoms with van der Waals surface area (Å²) in [6, 6.07) is 7.89. The Morgan fingerprint density at radius 1 is 1.63 bits per heavy atom. The van der Waals surface area contributed by atoms with Crippen LogP contribution in [0.3, 0.4) is 0 Å². The molecule has 1 aromatic carbocycles. The molecule has 1 aliphatic heterocycles. The molecule has 3 nitrogen and oxygen atoms in total. The van der Waals surface area contributed by atoms with E-state index in [1.54, 1.807) is 0 Å². The summed E-state index contributed by atoms with van der Waals surface area (Å²) in [5.74, 6) is 2.24. The molecule has 2 rings (SSSR count). The van der Waals surface area contributed by atoms with Crippen LogP contribution in [0.1, 0.15) is 24.9 Å². The molecule has 1 saturated heterocycles. The average Bonchev–Trinajstić information content (AvgIpc) is 2.39. The van der Waals surface area contributed by atoms with E-state index in [0.717, 1.165) is 23.6 Å².